The summed E-state index contributed by atoms with van der Waals surface area (Å²) in [5.41, 5.74) is 0.964. The Morgan fingerprint density at radius 1 is 1.08 bits per heavy atom. The number of piperazine rings is 1. The number of carbonyl (C=O) groups excluding carboxylic acids is 1. The highest BCUT2D eigenvalue weighted by Gasteiger charge is 2.28. The van der Waals surface area contributed by atoms with Gasteiger partial charge < -0.3 is 4.90 Å². The molecule has 1 aliphatic heterocycles. The minimum absolute atomic E-state index is 0.0884. The quantitative estimate of drug-likeness (QED) is 0.844. The molecule has 1 fully saturated rings. The molecule has 0 aliphatic carbocycles. The third-order valence-corrected chi connectivity index (χ3v) is 4.63. The molecule has 1 atom stereocenters. The average molecular weight is 358 g/mol. The Kier molecular flexibility index (Phi) is 5.32. The van der Waals surface area contributed by atoms with Crippen LogP contribution in [-0.2, 0) is 0 Å². The van der Waals surface area contributed by atoms with Crippen LogP contribution in [0.4, 0.5) is 4.39 Å². The fourth-order valence-electron chi connectivity index (χ4n) is 3.00. The Balaban J connectivity index is 1.67. The van der Waals surface area contributed by atoms with Crippen molar-refractivity contribution in [2.24, 2.45) is 0 Å². The summed E-state index contributed by atoms with van der Waals surface area (Å²) >= 11 is 5.90. The van der Waals surface area contributed by atoms with E-state index >= 15 is 0 Å². The van der Waals surface area contributed by atoms with Crippen LogP contribution in [-0.4, -0.2) is 41.9 Å². The number of hydrogen-bond acceptors (Lipinski definition) is 3. The zero-order valence-electron chi connectivity index (χ0n) is 13.5. The summed E-state index contributed by atoms with van der Waals surface area (Å²) in [5.74, 6) is -0.816. The third-order valence-electron chi connectivity index (χ3n) is 4.38. The largest absolute Gasteiger partial charge is 0.336 e. The molecular weight excluding hydrogens is 341 g/mol. The molecule has 1 heterocycles. The Morgan fingerprint density at radius 3 is 2.32 bits per heavy atom. The molecule has 128 valence electrons. The van der Waals surface area contributed by atoms with Gasteiger partial charge in [-0.05, 0) is 29.8 Å². The summed E-state index contributed by atoms with van der Waals surface area (Å²) in [4.78, 5) is 16.1. The minimum Gasteiger partial charge on any atom is -0.336 e. The van der Waals surface area contributed by atoms with Gasteiger partial charge in [-0.15, -0.1) is 0 Å². The number of benzene rings is 2. The van der Waals surface area contributed by atoms with Gasteiger partial charge in [-0.3, -0.25) is 9.69 Å². The van der Waals surface area contributed by atoms with E-state index in [0.29, 0.717) is 31.2 Å². The van der Waals surface area contributed by atoms with Crippen LogP contribution >= 0.6 is 11.6 Å². The molecule has 6 heteroatoms. The number of hydrogen-bond donors (Lipinski definition) is 0. The van der Waals surface area contributed by atoms with Gasteiger partial charge in [-0.2, -0.15) is 5.26 Å². The molecule has 0 saturated carbocycles. The van der Waals surface area contributed by atoms with E-state index in [-0.39, 0.29) is 17.5 Å². The second kappa shape index (κ2) is 7.64. The first-order chi connectivity index (χ1) is 12.1. The van der Waals surface area contributed by atoms with E-state index < -0.39 is 5.82 Å². The predicted octanol–water partition coefficient (Wildman–Crippen LogP) is 3.50. The topological polar surface area (TPSA) is 47.3 Å². The SMILES string of the molecule is N#CC(c1ccc(Cl)cc1)N1CCN(C(=O)c2ccccc2F)CC1. The van der Waals surface area contributed by atoms with E-state index in [4.69, 9.17) is 11.6 Å². The van der Waals surface area contributed by atoms with Gasteiger partial charge in [0, 0.05) is 31.2 Å². The highest BCUT2D eigenvalue weighted by molar-refractivity contribution is 6.30. The van der Waals surface area contributed by atoms with Crippen LogP contribution in [0.15, 0.2) is 48.5 Å². The lowest BCUT2D eigenvalue weighted by Crippen LogP contribution is -2.49. The molecule has 4 nitrogen and oxygen atoms in total. The van der Waals surface area contributed by atoms with Gasteiger partial charge in [0.15, 0.2) is 0 Å². The van der Waals surface area contributed by atoms with Crippen LogP contribution in [0.1, 0.15) is 22.0 Å². The van der Waals surface area contributed by atoms with Crippen molar-refractivity contribution >= 4 is 17.5 Å². The highest BCUT2D eigenvalue weighted by Crippen LogP contribution is 2.23. The Morgan fingerprint density at radius 2 is 1.72 bits per heavy atom. The van der Waals surface area contributed by atoms with Crippen molar-refractivity contribution in [2.45, 2.75) is 6.04 Å². The Bertz CT molecular complexity index is 795. The molecule has 1 unspecified atom stereocenters. The maximum Gasteiger partial charge on any atom is 0.256 e. The second-order valence-corrected chi connectivity index (χ2v) is 6.33. The Labute approximate surface area is 151 Å². The number of halogens is 2. The summed E-state index contributed by atoms with van der Waals surface area (Å²) in [6.07, 6.45) is 0. The molecule has 0 spiro atoms. The zero-order chi connectivity index (χ0) is 17.8. The highest BCUT2D eigenvalue weighted by atomic mass is 35.5. The standard InChI is InChI=1S/C19H17ClFN3O/c20-15-7-5-14(6-8-15)18(13-22)23-9-11-24(12-10-23)19(25)16-3-1-2-4-17(16)21/h1-8,18H,9-12H2. The second-order valence-electron chi connectivity index (χ2n) is 5.89. The van der Waals surface area contributed by atoms with E-state index in [9.17, 15) is 14.4 Å². The van der Waals surface area contributed by atoms with Crippen LogP contribution in [0.5, 0.6) is 0 Å². The zero-order valence-corrected chi connectivity index (χ0v) is 14.3. The van der Waals surface area contributed by atoms with Gasteiger partial charge >= 0.3 is 0 Å². The fourth-order valence-corrected chi connectivity index (χ4v) is 3.13. The molecule has 1 saturated heterocycles. The smallest absolute Gasteiger partial charge is 0.256 e. The van der Waals surface area contributed by atoms with Crippen LogP contribution in [0.3, 0.4) is 0 Å². The molecule has 0 N–H and O–H groups in total. The van der Waals surface area contributed by atoms with E-state index in [1.54, 1.807) is 29.2 Å². The molecule has 0 bridgehead atoms. The first kappa shape index (κ1) is 17.4. The lowest BCUT2D eigenvalue weighted by Gasteiger charge is -2.37. The van der Waals surface area contributed by atoms with Crippen molar-refractivity contribution in [3.05, 3.63) is 70.5 Å². The molecule has 3 rings (SSSR count). The molecule has 2 aromatic carbocycles. The van der Waals surface area contributed by atoms with Crippen molar-refractivity contribution < 1.29 is 9.18 Å². The first-order valence-corrected chi connectivity index (χ1v) is 8.41. The van der Waals surface area contributed by atoms with Crippen molar-refractivity contribution in [1.82, 2.24) is 9.80 Å². The summed E-state index contributed by atoms with van der Waals surface area (Å²) < 4.78 is 13.8. The summed E-state index contributed by atoms with van der Waals surface area (Å²) in [6, 6.07) is 15.1. The minimum atomic E-state index is -0.508. The van der Waals surface area contributed by atoms with Crippen LogP contribution in [0, 0.1) is 17.1 Å². The predicted molar refractivity (Wildman–Crippen MR) is 93.7 cm³/mol. The summed E-state index contributed by atoms with van der Waals surface area (Å²) in [6.45, 7) is 2.03. The van der Waals surface area contributed by atoms with E-state index in [2.05, 4.69) is 6.07 Å². The van der Waals surface area contributed by atoms with Gasteiger partial charge in [0.1, 0.15) is 11.9 Å². The van der Waals surface area contributed by atoms with Crippen molar-refractivity contribution in [3.63, 3.8) is 0 Å². The number of nitriles is 1. The van der Waals surface area contributed by atoms with Crippen LogP contribution in [0.2, 0.25) is 5.02 Å². The lowest BCUT2D eigenvalue weighted by atomic mass is 10.1. The van der Waals surface area contributed by atoms with Gasteiger partial charge in [-0.1, -0.05) is 35.9 Å². The van der Waals surface area contributed by atoms with Gasteiger partial charge in [-0.25, -0.2) is 4.39 Å². The normalized spacial score (nSPS) is 16.3. The average Bonchev–Trinajstić information content (AvgIpc) is 2.64. The summed E-state index contributed by atoms with van der Waals surface area (Å²) in [5, 5.41) is 10.2. The number of nitrogens with zero attached hydrogens (tertiary/aromatic N) is 3. The maximum atomic E-state index is 13.8. The third kappa shape index (κ3) is 3.81. The number of carbonyl (C=O) groups is 1. The van der Waals surface area contributed by atoms with Crippen molar-refractivity contribution in [2.75, 3.05) is 26.2 Å². The van der Waals surface area contributed by atoms with E-state index in [0.717, 1.165) is 5.56 Å². The Hall–Kier alpha value is -2.42. The number of amides is 1. The van der Waals surface area contributed by atoms with Gasteiger partial charge in [0.2, 0.25) is 0 Å². The van der Waals surface area contributed by atoms with Crippen LogP contribution < -0.4 is 0 Å². The molecule has 25 heavy (non-hydrogen) atoms. The van der Waals surface area contributed by atoms with E-state index in [1.807, 2.05) is 17.0 Å². The summed E-state index contributed by atoms with van der Waals surface area (Å²) in [7, 11) is 0. The maximum absolute atomic E-state index is 13.8. The fraction of sp³-hybridized carbons (Fsp3) is 0.263. The molecule has 1 aliphatic rings. The number of rotatable bonds is 3. The van der Waals surface area contributed by atoms with Crippen molar-refractivity contribution in [1.29, 1.82) is 5.26 Å². The molecule has 1 amide bonds. The van der Waals surface area contributed by atoms with Crippen molar-refractivity contribution in [3.8, 4) is 6.07 Å². The molecule has 2 aromatic rings. The molecule has 0 radical (unpaired) electrons. The first-order valence-electron chi connectivity index (χ1n) is 8.03. The van der Waals surface area contributed by atoms with Gasteiger partial charge in [0.05, 0.1) is 11.6 Å². The van der Waals surface area contributed by atoms with Gasteiger partial charge in [0.25, 0.3) is 5.91 Å². The van der Waals surface area contributed by atoms with Crippen LogP contribution in [0.25, 0.3) is 0 Å². The monoisotopic (exact) mass is 357 g/mol. The van der Waals surface area contributed by atoms with E-state index in [1.165, 1.54) is 12.1 Å². The molecular formula is C19H17ClFN3O. The molecule has 0 aromatic heterocycles. The lowest BCUT2D eigenvalue weighted by molar-refractivity contribution is 0.0602.